The van der Waals surface area contributed by atoms with Gasteiger partial charge in [0.25, 0.3) is 5.69 Å². The quantitative estimate of drug-likeness (QED) is 0.462. The monoisotopic (exact) mass is 317 g/mol. The van der Waals surface area contributed by atoms with Crippen molar-refractivity contribution in [3.63, 3.8) is 0 Å². The molecule has 0 radical (unpaired) electrons. The zero-order valence-corrected chi connectivity index (χ0v) is 13.0. The lowest BCUT2D eigenvalue weighted by molar-refractivity contribution is -0.384. The zero-order valence-electron chi connectivity index (χ0n) is 11.4. The number of hydrogen-bond donors (Lipinski definition) is 0. The highest BCUT2D eigenvalue weighted by Crippen LogP contribution is 2.44. The molecule has 7 heteroatoms. The molecule has 0 aliphatic carbocycles. The largest absolute Gasteiger partial charge is 0.269 e. The van der Waals surface area contributed by atoms with Crippen molar-refractivity contribution < 1.29 is 4.92 Å². The first kappa shape index (κ1) is 14.1. The highest BCUT2D eigenvalue weighted by Gasteiger charge is 2.22. The number of non-ortho nitro benzene ring substituents is 1. The first-order valence-electron chi connectivity index (χ1n) is 6.20. The van der Waals surface area contributed by atoms with Gasteiger partial charge in [-0.05, 0) is 32.1 Å². The van der Waals surface area contributed by atoms with Gasteiger partial charge in [0.1, 0.15) is 5.04 Å². The highest BCUT2D eigenvalue weighted by atomic mass is 32.2. The second-order valence-electron chi connectivity index (χ2n) is 4.58. The molecule has 5 nitrogen and oxygen atoms in total. The summed E-state index contributed by atoms with van der Waals surface area (Å²) in [4.78, 5) is 14.7. The van der Waals surface area contributed by atoms with Crippen LogP contribution in [0, 0.1) is 10.1 Å². The fourth-order valence-corrected chi connectivity index (χ4v) is 4.11. The molecule has 0 spiro atoms. The second-order valence-corrected chi connectivity index (χ2v) is 6.61. The van der Waals surface area contributed by atoms with Crippen molar-refractivity contribution >= 4 is 40.2 Å². The topological polar surface area (TPSA) is 67.9 Å². The van der Waals surface area contributed by atoms with E-state index < -0.39 is 4.92 Å². The summed E-state index contributed by atoms with van der Waals surface area (Å²) in [6, 6.07) is 6.46. The van der Waals surface area contributed by atoms with E-state index in [-0.39, 0.29) is 5.69 Å². The number of nitro benzene ring substituents is 1. The third-order valence-electron chi connectivity index (χ3n) is 3.03. The van der Waals surface area contributed by atoms with Crippen molar-refractivity contribution in [2.75, 3.05) is 0 Å². The molecule has 0 saturated carbocycles. The van der Waals surface area contributed by atoms with Crippen molar-refractivity contribution in [3.05, 3.63) is 61.5 Å². The van der Waals surface area contributed by atoms with Crippen LogP contribution >= 0.6 is 23.7 Å². The Morgan fingerprint density at radius 3 is 2.48 bits per heavy atom. The molecule has 106 valence electrons. The Kier molecular flexibility index (Phi) is 3.69. The minimum Gasteiger partial charge on any atom is -0.258 e. The molecule has 0 bridgehead atoms. The van der Waals surface area contributed by atoms with E-state index in [1.165, 1.54) is 24.1 Å². The first-order chi connectivity index (χ1) is 10.0. The fourth-order valence-electron chi connectivity index (χ4n) is 2.03. The lowest BCUT2D eigenvalue weighted by Gasteiger charge is -2.01. The van der Waals surface area contributed by atoms with Crippen molar-refractivity contribution in [3.8, 4) is 0 Å². The Balaban J connectivity index is 1.83. The minimum absolute atomic E-state index is 0.0888. The van der Waals surface area contributed by atoms with Crippen LogP contribution in [0.25, 0.3) is 0 Å². The van der Waals surface area contributed by atoms with E-state index in [4.69, 9.17) is 0 Å². The van der Waals surface area contributed by atoms with Gasteiger partial charge in [0.2, 0.25) is 0 Å². The summed E-state index contributed by atoms with van der Waals surface area (Å²) in [5.74, 6) is 0. The van der Waals surface area contributed by atoms with Gasteiger partial charge in [0.15, 0.2) is 0 Å². The summed E-state index contributed by atoms with van der Waals surface area (Å²) < 4.78 is 5.55. The Hall–Kier alpha value is -1.86. The molecule has 0 aromatic heterocycles. The molecular weight excluding hydrogens is 306 g/mol. The van der Waals surface area contributed by atoms with E-state index in [2.05, 4.69) is 15.5 Å². The van der Waals surface area contributed by atoms with Gasteiger partial charge in [-0.25, -0.2) is 4.40 Å². The maximum Gasteiger partial charge on any atom is 0.269 e. The fraction of sp³-hybridized carbons (Fsp3) is 0.143. The standard InChI is InChI=1S/C14H11N3O2S2/c1-8-7-12(9(2)15-8)14-20-13(16-21-14)10-3-5-11(6-4-10)17(18)19/h3-7H,1-2H3/b14-12-. The second kappa shape index (κ2) is 5.50. The molecule has 0 fully saturated rings. The van der Waals surface area contributed by atoms with Crippen LogP contribution in [0.1, 0.15) is 19.4 Å². The van der Waals surface area contributed by atoms with E-state index >= 15 is 0 Å². The van der Waals surface area contributed by atoms with Crippen LogP contribution in [-0.2, 0) is 0 Å². The van der Waals surface area contributed by atoms with Crippen LogP contribution in [-0.4, -0.2) is 15.7 Å². The number of nitrogens with zero attached hydrogens (tertiary/aromatic N) is 3. The molecule has 1 aromatic carbocycles. The molecule has 3 rings (SSSR count). The van der Waals surface area contributed by atoms with Crippen LogP contribution in [0.4, 0.5) is 5.69 Å². The molecule has 0 amide bonds. The summed E-state index contributed by atoms with van der Waals surface area (Å²) in [6.45, 7) is 3.96. The maximum atomic E-state index is 10.7. The van der Waals surface area contributed by atoms with Crippen molar-refractivity contribution in [1.29, 1.82) is 0 Å². The van der Waals surface area contributed by atoms with Gasteiger partial charge < -0.3 is 0 Å². The third-order valence-corrected chi connectivity index (χ3v) is 5.21. The van der Waals surface area contributed by atoms with Crippen molar-refractivity contribution in [1.82, 2.24) is 0 Å². The Morgan fingerprint density at radius 1 is 1.19 bits per heavy atom. The van der Waals surface area contributed by atoms with E-state index in [0.29, 0.717) is 0 Å². The van der Waals surface area contributed by atoms with Crippen LogP contribution in [0.15, 0.2) is 55.2 Å². The Bertz CT molecular complexity index is 746. The molecule has 0 saturated heterocycles. The van der Waals surface area contributed by atoms with Crippen molar-refractivity contribution in [2.45, 2.75) is 13.8 Å². The number of hydrogen-bond acceptors (Lipinski definition) is 6. The molecule has 2 aliphatic heterocycles. The summed E-state index contributed by atoms with van der Waals surface area (Å²) in [5, 5.41) is 11.5. The maximum absolute atomic E-state index is 10.7. The van der Waals surface area contributed by atoms with Crippen LogP contribution < -0.4 is 0 Å². The number of benzene rings is 1. The SMILES string of the molecule is CC1=C/C(=C2/SN=C(c3ccc([N+](=O)[O-])cc3)S2)C(C)=N1. The highest BCUT2D eigenvalue weighted by molar-refractivity contribution is 8.32. The van der Waals surface area contributed by atoms with Crippen molar-refractivity contribution in [2.24, 2.45) is 9.39 Å². The molecular formula is C14H11N3O2S2. The molecule has 1 aromatic rings. The normalized spacial score (nSPS) is 21.1. The predicted octanol–water partition coefficient (Wildman–Crippen LogP) is 4.33. The number of allylic oxidation sites excluding steroid dienone is 3. The number of aliphatic imine (C=N–C) groups is 1. The smallest absolute Gasteiger partial charge is 0.258 e. The molecule has 0 N–H and O–H groups in total. The molecule has 2 aliphatic rings. The zero-order chi connectivity index (χ0) is 15.0. The number of thioether (sulfide) groups is 1. The average Bonchev–Trinajstić information content (AvgIpc) is 3.05. The van der Waals surface area contributed by atoms with Crippen LogP contribution in [0.3, 0.4) is 0 Å². The van der Waals surface area contributed by atoms with Gasteiger partial charge in [-0.1, -0.05) is 11.8 Å². The summed E-state index contributed by atoms with van der Waals surface area (Å²) in [5.41, 5.74) is 4.10. The van der Waals surface area contributed by atoms with Gasteiger partial charge >= 0.3 is 0 Å². The molecule has 0 atom stereocenters. The molecule has 2 heterocycles. The van der Waals surface area contributed by atoms with Gasteiger partial charge in [0, 0.05) is 46.6 Å². The Morgan fingerprint density at radius 2 is 1.90 bits per heavy atom. The minimum atomic E-state index is -0.401. The predicted molar refractivity (Wildman–Crippen MR) is 88.7 cm³/mol. The van der Waals surface area contributed by atoms with Crippen LogP contribution in [0.2, 0.25) is 0 Å². The van der Waals surface area contributed by atoms with E-state index in [9.17, 15) is 10.1 Å². The van der Waals surface area contributed by atoms with E-state index in [1.807, 2.05) is 13.8 Å². The van der Waals surface area contributed by atoms with Crippen LogP contribution in [0.5, 0.6) is 0 Å². The number of nitro groups is 1. The number of rotatable bonds is 2. The Labute approximate surface area is 130 Å². The van der Waals surface area contributed by atoms with Gasteiger partial charge in [-0.15, -0.1) is 0 Å². The first-order valence-corrected chi connectivity index (χ1v) is 7.79. The van der Waals surface area contributed by atoms with Gasteiger partial charge in [-0.3, -0.25) is 15.1 Å². The summed E-state index contributed by atoms with van der Waals surface area (Å²) in [6.07, 6.45) is 2.05. The van der Waals surface area contributed by atoms with Gasteiger partial charge in [-0.2, -0.15) is 0 Å². The van der Waals surface area contributed by atoms with E-state index in [0.717, 1.165) is 31.8 Å². The summed E-state index contributed by atoms with van der Waals surface area (Å²) >= 11 is 3.01. The third kappa shape index (κ3) is 2.79. The van der Waals surface area contributed by atoms with E-state index in [1.54, 1.807) is 23.9 Å². The molecule has 0 unspecified atom stereocenters. The average molecular weight is 317 g/mol. The lowest BCUT2D eigenvalue weighted by atomic mass is 10.2. The lowest BCUT2D eigenvalue weighted by Crippen LogP contribution is -1.95. The molecule has 21 heavy (non-hydrogen) atoms. The van der Waals surface area contributed by atoms with Gasteiger partial charge in [0.05, 0.1) is 9.16 Å². The summed E-state index contributed by atoms with van der Waals surface area (Å²) in [7, 11) is 0.